The Morgan fingerprint density at radius 2 is 0.628 bits per heavy atom. The molecule has 2 N–H and O–H groups in total. The summed E-state index contributed by atoms with van der Waals surface area (Å²) in [7, 11) is 0. The van der Waals surface area contributed by atoms with Crippen LogP contribution >= 0.6 is 0 Å². The average molecular weight is 1260 g/mol. The van der Waals surface area contributed by atoms with Crippen LogP contribution in [0.5, 0.6) is 0 Å². The summed E-state index contributed by atoms with van der Waals surface area (Å²) in [5, 5.41) is 21.3. The number of fused-ring (bicyclic) bond motifs is 20. The summed E-state index contributed by atoms with van der Waals surface area (Å²) in [6.45, 7) is 0. The third-order valence-corrected chi connectivity index (χ3v) is 27.2. The number of hydrogen-bond acceptors (Lipinski definition) is 2. The van der Waals surface area contributed by atoms with Gasteiger partial charge >= 0.3 is 476 Å². The molecule has 6 heteroatoms. The maximum atomic E-state index is 10.9. The second kappa shape index (κ2) is 19.8. The van der Waals surface area contributed by atoms with Crippen LogP contribution < -0.4 is 17.8 Å². The molecular weight excluding hydrogens is 1210 g/mol. The monoisotopic (exact) mass is 1260 g/mol. The Morgan fingerprint density at radius 1 is 0.231 bits per heavy atom. The molecule has 0 saturated heterocycles. The molecule has 2 aromatic heterocycles. The molecule has 4 heterocycles. The molecule has 78 heavy (non-hydrogen) atoms. The molecule has 14 aromatic carbocycles. The first kappa shape index (κ1) is 47.8. The van der Waals surface area contributed by atoms with Gasteiger partial charge in [0, 0.05) is 0 Å². The van der Waals surface area contributed by atoms with E-state index in [1.54, 1.807) is 0 Å². The van der Waals surface area contributed by atoms with Gasteiger partial charge in [-0.3, -0.25) is 0 Å². The van der Waals surface area contributed by atoms with Gasteiger partial charge in [-0.05, 0) is 0 Å². The zero-order valence-electron chi connectivity index (χ0n) is 42.0. The van der Waals surface area contributed by atoms with Crippen LogP contribution in [-0.2, 0) is 0 Å². The zero-order chi connectivity index (χ0) is 51.8. The van der Waals surface area contributed by atoms with Gasteiger partial charge in [0.25, 0.3) is 0 Å². The van der Waals surface area contributed by atoms with Gasteiger partial charge in [0.2, 0.25) is 0 Å². The first-order valence-electron chi connectivity index (χ1n) is 26.2. The van der Waals surface area contributed by atoms with Gasteiger partial charge in [-0.15, -0.1) is 0 Å². The van der Waals surface area contributed by atoms with Gasteiger partial charge in [-0.1, -0.05) is 0 Å². The number of benzene rings is 14. The summed E-state index contributed by atoms with van der Waals surface area (Å²) in [5.74, 6) is 0. The van der Waals surface area contributed by atoms with Crippen molar-refractivity contribution in [2.75, 3.05) is 0 Å². The third-order valence-electron chi connectivity index (χ3n) is 15.5. The molecule has 0 fully saturated rings. The van der Waals surface area contributed by atoms with E-state index in [2.05, 4.69) is 261 Å². The molecule has 2 aliphatic rings. The van der Waals surface area contributed by atoms with Crippen LogP contribution in [0.2, 0.25) is 0 Å². The van der Waals surface area contributed by atoms with Crippen molar-refractivity contribution in [2.24, 2.45) is 0 Å². The van der Waals surface area contributed by atoms with Crippen molar-refractivity contribution in [3.8, 4) is 22.3 Å². The van der Waals surface area contributed by atoms with Crippen molar-refractivity contribution >= 4 is 179 Å². The van der Waals surface area contributed by atoms with Gasteiger partial charge in [0.05, 0.1) is 0 Å². The van der Waals surface area contributed by atoms with Crippen LogP contribution in [0.15, 0.2) is 267 Å². The predicted octanol–water partition coefficient (Wildman–Crippen LogP) is 14.0. The summed E-state index contributed by atoms with van der Waals surface area (Å²) in [6, 6.07) is 95.5. The fourth-order valence-electron chi connectivity index (χ4n) is 11.7. The number of hydrogen-bond donors (Lipinski definition) is 2. The molecule has 1 atom stereocenters. The molecule has 18 rings (SSSR count). The first-order chi connectivity index (χ1) is 38.5. The number of rotatable bonds is 0. The molecule has 0 bridgehead atoms. The van der Waals surface area contributed by atoms with Crippen LogP contribution in [0.4, 0.5) is 0 Å². The minimum absolute atomic E-state index is 0.429. The van der Waals surface area contributed by atoms with Crippen LogP contribution in [0.25, 0.3) is 125 Å². The fraction of sp³-hybridized carbons (Fsp3) is 0. The Hall–Kier alpha value is -7.36. The Labute approximate surface area is 472 Å². The predicted molar refractivity (Wildman–Crippen MR) is 343 cm³/mol. The van der Waals surface area contributed by atoms with Crippen LogP contribution in [0.1, 0.15) is 0 Å². The van der Waals surface area contributed by atoms with E-state index in [0.717, 1.165) is 13.4 Å². The van der Waals surface area contributed by atoms with Gasteiger partial charge < -0.3 is 0 Å². The Morgan fingerprint density at radius 3 is 1.21 bits per heavy atom. The second-order valence-corrected chi connectivity index (χ2v) is 31.2. The first-order valence-corrected chi connectivity index (χ1v) is 35.0. The van der Waals surface area contributed by atoms with E-state index in [0.29, 0.717) is 29.0 Å². The van der Waals surface area contributed by atoms with Crippen molar-refractivity contribution in [3.05, 3.63) is 267 Å². The van der Waals surface area contributed by atoms with Crippen LogP contribution in [0.3, 0.4) is 0 Å². The molecule has 372 valence electrons. The summed E-state index contributed by atoms with van der Waals surface area (Å²) < 4.78 is 32.2. The van der Waals surface area contributed by atoms with Gasteiger partial charge in [0.1, 0.15) is 0 Å². The summed E-state index contributed by atoms with van der Waals surface area (Å²) in [4.78, 5) is 0. The van der Waals surface area contributed by atoms with Crippen LogP contribution in [0, 0.1) is 0 Å². The molecule has 0 aliphatic carbocycles. The van der Waals surface area contributed by atoms with E-state index in [9.17, 15) is 8.38 Å². The van der Waals surface area contributed by atoms with E-state index in [-0.39, 0.29) is 0 Å². The summed E-state index contributed by atoms with van der Waals surface area (Å²) in [6.07, 6.45) is 0. The molecule has 1 unspecified atom stereocenters. The van der Waals surface area contributed by atoms with Gasteiger partial charge in [-0.2, -0.15) is 0 Å². The molecule has 2 nitrogen and oxygen atoms in total. The minimum atomic E-state index is -2.14. The average Bonchev–Trinajstić information content (AvgIpc) is 4.29. The van der Waals surface area contributed by atoms with Gasteiger partial charge in [0.15, 0.2) is 0 Å². The Kier molecular flexibility index (Phi) is 12.2. The molecule has 0 radical (unpaired) electrons. The molecule has 0 spiro atoms. The van der Waals surface area contributed by atoms with Crippen molar-refractivity contribution in [1.82, 2.24) is 0 Å². The van der Waals surface area contributed by atoms with Crippen LogP contribution in [-0.4, -0.2) is 65.8 Å². The quantitative estimate of drug-likeness (QED) is 0.149. The van der Waals surface area contributed by atoms with Crippen molar-refractivity contribution < 1.29 is 8.38 Å². The zero-order valence-corrected chi connectivity index (χ0v) is 49.2. The standard InChI is InChI=1S/C20H14OSe.C20H12Se.C16H12OSe.C16H10Se/c21-22-19-11-15-7-3-1-5-13(15)9-17(19)18-10-14-6-2-4-8-16(14)12-20(18)22;1-3-7-15-11-19-17(9-13(15)5-1)18-10-14-6-2-4-8-16(14)12-20(18)21-19;17-18-14-8-4-3-7-13(14)16-12-6-2-1-5-11(12)9-10-15(16)18;1-2-6-12-11(5-1)9-10-15-16(12)13-7-3-4-8-14(13)17-15/h1-12,21-22H;1-12H;1-10,17-18H;1-10H. The SMILES string of the molecule is O[SeH]1c2cc3ccccc3cc2-c2cc3ccccc3cc21.O[SeH]1c2ccccc2-c2c1ccc1ccccc21.c1ccc2c(c1)ccc1[se]c3ccccc3c12.c1ccc2cc3c(cc2c1)[se]c1cc2ccccc2cc13. The second-order valence-electron chi connectivity index (χ2n) is 20.0. The third kappa shape index (κ3) is 8.29. The molecule has 16 aromatic rings. The van der Waals surface area contributed by atoms with E-state index in [1.807, 2.05) is 6.07 Å². The van der Waals surface area contributed by atoms with E-state index < -0.39 is 28.5 Å². The van der Waals surface area contributed by atoms with Crippen molar-refractivity contribution in [3.63, 3.8) is 0 Å². The molecule has 2 aliphatic heterocycles. The van der Waals surface area contributed by atoms with Gasteiger partial charge in [-0.25, -0.2) is 0 Å². The van der Waals surface area contributed by atoms with Crippen molar-refractivity contribution in [1.29, 1.82) is 0 Å². The Balaban J connectivity index is 0.0000000909. The van der Waals surface area contributed by atoms with E-state index in [1.165, 1.54) is 130 Å². The normalized spacial score (nSPS) is 14.0. The topological polar surface area (TPSA) is 40.5 Å². The summed E-state index contributed by atoms with van der Waals surface area (Å²) in [5.41, 5.74) is 4.93. The van der Waals surface area contributed by atoms with E-state index in [4.69, 9.17) is 0 Å². The molecule has 0 saturated carbocycles. The van der Waals surface area contributed by atoms with Crippen molar-refractivity contribution in [2.45, 2.75) is 0 Å². The Bertz CT molecular complexity index is 4870. The fourth-order valence-corrected chi connectivity index (χ4v) is 23.2. The molecule has 0 amide bonds. The van der Waals surface area contributed by atoms with E-state index >= 15 is 0 Å². The summed E-state index contributed by atoms with van der Waals surface area (Å²) >= 11 is -3.25. The maximum absolute atomic E-state index is 10.9. The molecular formula is C72H48O2Se4.